The number of carbonyl (C=O) groups excluding carboxylic acids is 4. The summed E-state index contributed by atoms with van der Waals surface area (Å²) in [6.45, 7) is 3.58. The Morgan fingerprint density at radius 2 is 1.52 bits per heavy atom. The Balaban J connectivity index is 1.77. The third-order valence-corrected chi connectivity index (χ3v) is 3.73. The van der Waals surface area contributed by atoms with Crippen LogP contribution in [-0.2, 0) is 14.4 Å². The number of anilines is 2. The Morgan fingerprint density at radius 3 is 2.07 bits per heavy atom. The maximum absolute atomic E-state index is 12.2. The highest BCUT2D eigenvalue weighted by atomic mass is 16.3. The summed E-state index contributed by atoms with van der Waals surface area (Å²) in [4.78, 5) is 48.5. The Hall–Kier alpha value is -3.66. The van der Waals surface area contributed by atoms with Crippen LogP contribution in [0.15, 0.2) is 47.1 Å². The van der Waals surface area contributed by atoms with Gasteiger partial charge in [0.05, 0.1) is 19.4 Å². The predicted octanol–water partition coefficient (Wildman–Crippen LogP) is 0.960. The average molecular weight is 401 g/mol. The van der Waals surface area contributed by atoms with Crippen molar-refractivity contribution in [1.29, 1.82) is 0 Å². The lowest BCUT2D eigenvalue weighted by Crippen LogP contribution is -2.47. The van der Waals surface area contributed by atoms with Gasteiger partial charge in [-0.3, -0.25) is 34.9 Å². The van der Waals surface area contributed by atoms with E-state index in [-0.39, 0.29) is 30.7 Å². The molecule has 0 aliphatic rings. The molecule has 29 heavy (non-hydrogen) atoms. The molecule has 2 aromatic rings. The number of hydrogen-bond donors (Lipinski definition) is 4. The zero-order valence-electron chi connectivity index (χ0n) is 16.2. The zero-order chi connectivity index (χ0) is 21.2. The van der Waals surface area contributed by atoms with E-state index in [1.165, 1.54) is 19.3 Å². The molecule has 0 radical (unpaired) electrons. The molecule has 0 spiro atoms. The summed E-state index contributed by atoms with van der Waals surface area (Å²) in [5.74, 6) is -1.46. The highest BCUT2D eigenvalue weighted by Crippen LogP contribution is 2.13. The van der Waals surface area contributed by atoms with E-state index in [0.29, 0.717) is 17.9 Å². The van der Waals surface area contributed by atoms with E-state index in [0.717, 1.165) is 0 Å². The van der Waals surface area contributed by atoms with Gasteiger partial charge in [-0.25, -0.2) is 0 Å². The lowest BCUT2D eigenvalue weighted by Gasteiger charge is -2.19. The van der Waals surface area contributed by atoms with Crippen LogP contribution in [0.25, 0.3) is 0 Å². The van der Waals surface area contributed by atoms with E-state index in [2.05, 4.69) is 21.5 Å². The minimum Gasteiger partial charge on any atom is -0.459 e. The van der Waals surface area contributed by atoms with E-state index >= 15 is 0 Å². The maximum Gasteiger partial charge on any atom is 0.305 e. The van der Waals surface area contributed by atoms with E-state index < -0.39 is 11.8 Å². The van der Waals surface area contributed by atoms with Gasteiger partial charge in [0.1, 0.15) is 0 Å². The summed E-state index contributed by atoms with van der Waals surface area (Å²) in [6, 6.07) is 9.69. The molecule has 0 aliphatic heterocycles. The van der Waals surface area contributed by atoms with Gasteiger partial charge in [-0.15, -0.1) is 0 Å². The Bertz CT molecular complexity index is 848. The van der Waals surface area contributed by atoms with Crippen molar-refractivity contribution in [2.45, 2.75) is 13.8 Å². The molecule has 4 N–H and O–H groups in total. The van der Waals surface area contributed by atoms with Gasteiger partial charge < -0.3 is 15.1 Å². The van der Waals surface area contributed by atoms with Crippen molar-refractivity contribution in [2.24, 2.45) is 0 Å². The van der Waals surface area contributed by atoms with E-state index in [9.17, 15) is 19.2 Å². The van der Waals surface area contributed by atoms with Gasteiger partial charge in [-0.1, -0.05) is 6.92 Å². The Labute approximate surface area is 167 Å². The van der Waals surface area contributed by atoms with Crippen LogP contribution in [0.1, 0.15) is 24.4 Å². The molecule has 0 fully saturated rings. The average Bonchev–Trinajstić information content (AvgIpc) is 3.21. The number of likely N-dealkylation sites (N-methyl/N-ethyl adjacent to an activating group) is 1. The van der Waals surface area contributed by atoms with Crippen LogP contribution in [0.2, 0.25) is 0 Å². The highest BCUT2D eigenvalue weighted by Gasteiger charge is 2.15. The van der Waals surface area contributed by atoms with Crippen LogP contribution in [0.4, 0.5) is 11.4 Å². The molecule has 1 aromatic heterocycles. The van der Waals surface area contributed by atoms with Gasteiger partial charge >= 0.3 is 5.91 Å². The van der Waals surface area contributed by atoms with Gasteiger partial charge in [0, 0.05) is 18.3 Å². The van der Waals surface area contributed by atoms with Gasteiger partial charge in [0.2, 0.25) is 11.8 Å². The second kappa shape index (κ2) is 10.6. The molecule has 0 saturated heterocycles. The molecule has 0 aliphatic carbocycles. The first-order chi connectivity index (χ1) is 13.9. The van der Waals surface area contributed by atoms with E-state index in [4.69, 9.17) is 4.42 Å². The van der Waals surface area contributed by atoms with Crippen LogP contribution >= 0.6 is 0 Å². The standard InChI is InChI=1S/C19H23N5O5/c1-3-24(12-18(27)22-23-19(28)16-5-4-10-29-16)11-17(26)21-15-8-6-14(7-9-15)20-13(2)25/h4-10H,3,11-12H2,1-2H3,(H,20,25)(H,21,26)(H,22,27)(H,23,28). The second-order valence-corrected chi connectivity index (χ2v) is 6.09. The molecule has 0 atom stereocenters. The number of benzene rings is 1. The summed E-state index contributed by atoms with van der Waals surface area (Å²) in [7, 11) is 0. The van der Waals surface area contributed by atoms with Crippen molar-refractivity contribution in [3.05, 3.63) is 48.4 Å². The maximum atomic E-state index is 12.2. The third kappa shape index (κ3) is 7.46. The monoisotopic (exact) mass is 401 g/mol. The number of hydrazine groups is 1. The Morgan fingerprint density at radius 1 is 0.897 bits per heavy atom. The van der Waals surface area contributed by atoms with Crippen molar-refractivity contribution in [2.75, 3.05) is 30.3 Å². The largest absolute Gasteiger partial charge is 0.459 e. The van der Waals surface area contributed by atoms with Crippen molar-refractivity contribution in [3.8, 4) is 0 Å². The van der Waals surface area contributed by atoms with Crippen LogP contribution < -0.4 is 21.5 Å². The summed E-state index contributed by atoms with van der Waals surface area (Å²) in [6.07, 6.45) is 1.35. The van der Waals surface area contributed by atoms with Gasteiger partial charge in [-0.2, -0.15) is 0 Å². The van der Waals surface area contributed by atoms with Gasteiger partial charge in [-0.05, 0) is 42.9 Å². The lowest BCUT2D eigenvalue weighted by molar-refractivity contribution is -0.124. The number of furan rings is 1. The SMILES string of the molecule is CCN(CC(=O)NNC(=O)c1ccco1)CC(=O)Nc1ccc(NC(C)=O)cc1. The molecule has 0 saturated carbocycles. The predicted molar refractivity (Wildman–Crippen MR) is 106 cm³/mol. The van der Waals surface area contributed by atoms with Crippen molar-refractivity contribution in [1.82, 2.24) is 15.8 Å². The molecular weight excluding hydrogens is 378 g/mol. The molecular formula is C19H23N5O5. The fourth-order valence-electron chi connectivity index (χ4n) is 2.36. The molecule has 0 bridgehead atoms. The third-order valence-electron chi connectivity index (χ3n) is 3.73. The highest BCUT2D eigenvalue weighted by molar-refractivity contribution is 5.94. The second-order valence-electron chi connectivity index (χ2n) is 6.09. The molecule has 2 rings (SSSR count). The number of amides is 4. The minimum atomic E-state index is -0.577. The molecule has 10 nitrogen and oxygen atoms in total. The molecule has 10 heteroatoms. The molecule has 0 unspecified atom stereocenters. The van der Waals surface area contributed by atoms with Crippen molar-refractivity contribution >= 4 is 35.0 Å². The number of nitrogens with zero attached hydrogens (tertiary/aromatic N) is 1. The Kier molecular flexibility index (Phi) is 7.92. The van der Waals surface area contributed by atoms with Crippen molar-refractivity contribution < 1.29 is 23.6 Å². The van der Waals surface area contributed by atoms with Gasteiger partial charge in [0.25, 0.3) is 5.91 Å². The first-order valence-corrected chi connectivity index (χ1v) is 8.90. The zero-order valence-corrected chi connectivity index (χ0v) is 16.2. The van der Waals surface area contributed by atoms with Crippen LogP contribution in [0.3, 0.4) is 0 Å². The number of hydrogen-bond acceptors (Lipinski definition) is 6. The summed E-state index contributed by atoms with van der Waals surface area (Å²) in [5, 5.41) is 5.36. The molecule has 4 amide bonds. The lowest BCUT2D eigenvalue weighted by atomic mass is 10.2. The molecule has 154 valence electrons. The van der Waals surface area contributed by atoms with E-state index in [1.54, 1.807) is 35.2 Å². The number of carbonyl (C=O) groups is 4. The van der Waals surface area contributed by atoms with Crippen LogP contribution in [0, 0.1) is 0 Å². The van der Waals surface area contributed by atoms with E-state index in [1.807, 2.05) is 6.92 Å². The quantitative estimate of drug-likeness (QED) is 0.487. The van der Waals surface area contributed by atoms with Gasteiger partial charge in [0.15, 0.2) is 5.76 Å². The number of nitrogens with one attached hydrogen (secondary N) is 4. The minimum absolute atomic E-state index is 0.0104. The smallest absolute Gasteiger partial charge is 0.305 e. The van der Waals surface area contributed by atoms with Crippen LogP contribution in [-0.4, -0.2) is 48.2 Å². The van der Waals surface area contributed by atoms with Crippen LogP contribution in [0.5, 0.6) is 0 Å². The normalized spacial score (nSPS) is 10.3. The molecule has 1 heterocycles. The first-order valence-electron chi connectivity index (χ1n) is 8.90. The molecule has 1 aromatic carbocycles. The number of rotatable bonds is 8. The summed E-state index contributed by atoms with van der Waals surface area (Å²) in [5.41, 5.74) is 5.70. The fourth-order valence-corrected chi connectivity index (χ4v) is 2.36. The topological polar surface area (TPSA) is 133 Å². The fraction of sp³-hybridized carbons (Fsp3) is 0.263. The summed E-state index contributed by atoms with van der Waals surface area (Å²) >= 11 is 0. The first kappa shape index (κ1) is 21.6. The van der Waals surface area contributed by atoms with Crippen molar-refractivity contribution in [3.63, 3.8) is 0 Å². The summed E-state index contributed by atoms with van der Waals surface area (Å²) < 4.78 is 4.92.